The Kier molecular flexibility index (Phi) is 4.89. The maximum Gasteiger partial charge on any atom is 0.416 e. The van der Waals surface area contributed by atoms with E-state index in [1.807, 2.05) is 6.92 Å². The van der Waals surface area contributed by atoms with E-state index in [-0.39, 0.29) is 18.0 Å². The topological polar surface area (TPSA) is 26.0 Å². The molecule has 0 heterocycles. The molecule has 0 bridgehead atoms. The number of rotatable bonds is 4. The molecule has 1 aromatic carbocycles. The van der Waals surface area contributed by atoms with Gasteiger partial charge in [0.15, 0.2) is 0 Å². The van der Waals surface area contributed by atoms with Gasteiger partial charge in [-0.2, -0.15) is 13.2 Å². The predicted molar refractivity (Wildman–Crippen MR) is 65.2 cm³/mol. The second kappa shape index (κ2) is 5.78. The van der Waals surface area contributed by atoms with Crippen LogP contribution in [0.2, 0.25) is 0 Å². The van der Waals surface area contributed by atoms with Gasteiger partial charge in [-0.1, -0.05) is 13.0 Å². The monoisotopic (exact) mass is 263 g/mol. The van der Waals surface area contributed by atoms with E-state index < -0.39 is 11.7 Å². The van der Waals surface area contributed by atoms with Crippen LogP contribution in [-0.2, 0) is 12.6 Å². The van der Waals surface area contributed by atoms with Gasteiger partial charge in [0.25, 0.3) is 0 Å². The Morgan fingerprint density at radius 2 is 2.00 bits per heavy atom. The molecule has 1 atom stereocenters. The third kappa shape index (κ3) is 4.24. The summed E-state index contributed by atoms with van der Waals surface area (Å²) >= 11 is 1.40. The lowest BCUT2D eigenvalue weighted by atomic mass is 10.0. The van der Waals surface area contributed by atoms with Gasteiger partial charge in [-0.15, -0.1) is 11.8 Å². The zero-order valence-electron chi connectivity index (χ0n) is 9.84. The first-order valence-electron chi connectivity index (χ1n) is 5.43. The lowest BCUT2D eigenvalue weighted by Gasteiger charge is -2.15. The van der Waals surface area contributed by atoms with Crippen LogP contribution in [0, 0.1) is 0 Å². The molecule has 96 valence electrons. The number of hydrogen-bond acceptors (Lipinski definition) is 2. The molecule has 0 aliphatic carbocycles. The van der Waals surface area contributed by atoms with Crippen molar-refractivity contribution in [3.8, 4) is 0 Å². The van der Waals surface area contributed by atoms with Gasteiger partial charge in [0, 0.05) is 10.9 Å². The number of alkyl halides is 3. The summed E-state index contributed by atoms with van der Waals surface area (Å²) in [6.07, 6.45) is -4.07. The van der Waals surface area contributed by atoms with E-state index in [0.717, 1.165) is 5.75 Å². The van der Waals surface area contributed by atoms with Crippen molar-refractivity contribution in [2.45, 2.75) is 37.4 Å². The molecule has 0 fully saturated rings. The molecule has 1 aromatic rings. The summed E-state index contributed by atoms with van der Waals surface area (Å²) in [6.45, 7) is 3.61. The molecule has 5 heteroatoms. The Hall–Kier alpha value is -0.680. The molecule has 0 radical (unpaired) electrons. The minimum absolute atomic E-state index is 0.242. The molecule has 1 nitrogen and oxygen atoms in total. The molecule has 0 aromatic heterocycles. The van der Waals surface area contributed by atoms with Gasteiger partial charge in [-0.05, 0) is 36.8 Å². The van der Waals surface area contributed by atoms with E-state index in [9.17, 15) is 13.2 Å². The molecule has 17 heavy (non-hydrogen) atoms. The Morgan fingerprint density at radius 1 is 1.35 bits per heavy atom. The van der Waals surface area contributed by atoms with Crippen LogP contribution >= 0.6 is 11.8 Å². The molecule has 0 saturated carbocycles. The average Bonchev–Trinajstić information content (AvgIpc) is 2.18. The maximum atomic E-state index is 12.9. The van der Waals surface area contributed by atoms with Crippen molar-refractivity contribution in [3.05, 3.63) is 29.3 Å². The predicted octanol–water partition coefficient (Wildman–Crippen LogP) is 3.71. The van der Waals surface area contributed by atoms with E-state index in [2.05, 4.69) is 0 Å². The minimum Gasteiger partial charge on any atom is -0.328 e. The lowest BCUT2D eigenvalue weighted by molar-refractivity contribution is -0.138. The van der Waals surface area contributed by atoms with Crippen LogP contribution in [0.4, 0.5) is 13.2 Å². The summed E-state index contributed by atoms with van der Waals surface area (Å²) in [6, 6.07) is 4.19. The van der Waals surface area contributed by atoms with Crippen molar-refractivity contribution in [3.63, 3.8) is 0 Å². The van der Waals surface area contributed by atoms with E-state index in [0.29, 0.717) is 4.90 Å². The molecule has 0 spiro atoms. The maximum absolute atomic E-state index is 12.9. The number of halogens is 3. The number of benzene rings is 1. The summed E-state index contributed by atoms with van der Waals surface area (Å²) in [5, 5.41) is 0. The van der Waals surface area contributed by atoms with Gasteiger partial charge < -0.3 is 5.73 Å². The van der Waals surface area contributed by atoms with Crippen molar-refractivity contribution in [2.24, 2.45) is 5.73 Å². The highest BCUT2D eigenvalue weighted by Gasteiger charge is 2.33. The zero-order valence-corrected chi connectivity index (χ0v) is 10.7. The molecule has 1 unspecified atom stereocenters. The Morgan fingerprint density at radius 3 is 2.47 bits per heavy atom. The highest BCUT2D eigenvalue weighted by molar-refractivity contribution is 7.99. The van der Waals surface area contributed by atoms with Gasteiger partial charge in [-0.25, -0.2) is 0 Å². The van der Waals surface area contributed by atoms with Crippen LogP contribution in [0.25, 0.3) is 0 Å². The molecule has 2 N–H and O–H groups in total. The second-order valence-electron chi connectivity index (χ2n) is 3.93. The third-order valence-corrected chi connectivity index (χ3v) is 3.12. The normalized spacial score (nSPS) is 13.8. The van der Waals surface area contributed by atoms with Crippen molar-refractivity contribution in [1.82, 2.24) is 0 Å². The average molecular weight is 263 g/mol. The van der Waals surface area contributed by atoms with Gasteiger partial charge in [-0.3, -0.25) is 0 Å². The van der Waals surface area contributed by atoms with Crippen molar-refractivity contribution >= 4 is 11.8 Å². The molecule has 0 amide bonds. The highest BCUT2D eigenvalue weighted by Crippen LogP contribution is 2.35. The summed E-state index contributed by atoms with van der Waals surface area (Å²) < 4.78 is 38.6. The van der Waals surface area contributed by atoms with Crippen LogP contribution < -0.4 is 5.73 Å². The first-order valence-corrected chi connectivity index (χ1v) is 6.41. The van der Waals surface area contributed by atoms with Crippen LogP contribution in [-0.4, -0.2) is 11.8 Å². The van der Waals surface area contributed by atoms with Crippen molar-refractivity contribution in [2.75, 3.05) is 5.75 Å². The smallest absolute Gasteiger partial charge is 0.328 e. The fourth-order valence-corrected chi connectivity index (χ4v) is 2.30. The van der Waals surface area contributed by atoms with Gasteiger partial charge >= 0.3 is 6.18 Å². The molecule has 1 rings (SSSR count). The molecule has 0 aliphatic rings. The Bertz CT molecular complexity index is 375. The minimum atomic E-state index is -4.31. The van der Waals surface area contributed by atoms with E-state index in [4.69, 9.17) is 5.73 Å². The summed E-state index contributed by atoms with van der Waals surface area (Å²) in [7, 11) is 0. The Balaban J connectivity index is 3.12. The van der Waals surface area contributed by atoms with E-state index >= 15 is 0 Å². The van der Waals surface area contributed by atoms with Gasteiger partial charge in [0.1, 0.15) is 0 Å². The zero-order chi connectivity index (χ0) is 13.1. The van der Waals surface area contributed by atoms with Gasteiger partial charge in [0.05, 0.1) is 5.56 Å². The Labute approximate surface area is 104 Å². The van der Waals surface area contributed by atoms with E-state index in [1.165, 1.54) is 23.9 Å². The molecular weight excluding hydrogens is 247 g/mol. The quantitative estimate of drug-likeness (QED) is 0.838. The summed E-state index contributed by atoms with van der Waals surface area (Å²) in [4.78, 5) is 0.647. The molecule has 0 aliphatic heterocycles. The first kappa shape index (κ1) is 14.4. The van der Waals surface area contributed by atoms with E-state index in [1.54, 1.807) is 13.0 Å². The van der Waals surface area contributed by atoms with Crippen LogP contribution in [0.3, 0.4) is 0 Å². The number of hydrogen-bond donors (Lipinski definition) is 1. The largest absolute Gasteiger partial charge is 0.416 e. The summed E-state index contributed by atoms with van der Waals surface area (Å²) in [5.41, 5.74) is 5.27. The van der Waals surface area contributed by atoms with Crippen LogP contribution in [0.15, 0.2) is 23.1 Å². The number of nitrogens with two attached hydrogens (primary N) is 1. The fraction of sp³-hybridized carbons (Fsp3) is 0.500. The fourth-order valence-electron chi connectivity index (χ4n) is 1.60. The lowest BCUT2D eigenvalue weighted by Crippen LogP contribution is -2.20. The van der Waals surface area contributed by atoms with Gasteiger partial charge in [0.2, 0.25) is 0 Å². The van der Waals surface area contributed by atoms with Crippen molar-refractivity contribution < 1.29 is 13.2 Å². The highest BCUT2D eigenvalue weighted by atomic mass is 32.2. The van der Waals surface area contributed by atoms with Crippen LogP contribution in [0.1, 0.15) is 25.0 Å². The standard InChI is InChI=1S/C12H16F3NS/c1-3-17-10-5-4-9(6-8(2)16)11(7-10)12(13,14)15/h4-5,7-8H,3,6,16H2,1-2H3. The first-order chi connectivity index (χ1) is 7.84. The SMILES string of the molecule is CCSc1ccc(CC(C)N)c(C(F)(F)F)c1. The third-order valence-electron chi connectivity index (χ3n) is 2.24. The number of thioether (sulfide) groups is 1. The van der Waals surface area contributed by atoms with Crippen LogP contribution in [0.5, 0.6) is 0 Å². The molecular formula is C12H16F3NS. The summed E-state index contributed by atoms with van der Waals surface area (Å²) in [5.74, 6) is 0.754. The molecule has 0 saturated heterocycles. The van der Waals surface area contributed by atoms with Crippen molar-refractivity contribution in [1.29, 1.82) is 0 Å². The second-order valence-corrected chi connectivity index (χ2v) is 5.27.